The number of nitrogens with zero attached hydrogens (tertiary/aromatic N) is 1. The molecule has 0 amide bonds. The molecular formula is C10H20ClNO. The van der Waals surface area contributed by atoms with Crippen LogP contribution in [0.25, 0.3) is 0 Å². The molecule has 1 rings (SSSR count). The minimum absolute atomic E-state index is 0.0438. The van der Waals surface area contributed by atoms with Gasteiger partial charge >= 0.3 is 0 Å². The minimum atomic E-state index is -0.0438. The lowest BCUT2D eigenvalue weighted by molar-refractivity contribution is 0.0844. The average molecular weight is 206 g/mol. The zero-order valence-electron chi connectivity index (χ0n) is 8.38. The summed E-state index contributed by atoms with van der Waals surface area (Å²) in [5, 5.41) is 9.35. The standard InChI is InChI=1S/C10H20ClNO/c1-12(8-2-7-11)9-3-5-10(13)6-4-9/h9-10,13H,2-8H2,1H3. The largest absolute Gasteiger partial charge is 0.393 e. The molecule has 0 aromatic carbocycles. The summed E-state index contributed by atoms with van der Waals surface area (Å²) in [6, 6.07) is 0.673. The van der Waals surface area contributed by atoms with Crippen LogP contribution in [0.15, 0.2) is 0 Å². The van der Waals surface area contributed by atoms with Crippen molar-refractivity contribution in [3.63, 3.8) is 0 Å². The van der Waals surface area contributed by atoms with E-state index in [-0.39, 0.29) is 6.10 Å². The number of hydrogen-bond acceptors (Lipinski definition) is 2. The van der Waals surface area contributed by atoms with Gasteiger partial charge in [0.15, 0.2) is 0 Å². The third-order valence-corrected chi connectivity index (χ3v) is 3.20. The van der Waals surface area contributed by atoms with Crippen LogP contribution in [0, 0.1) is 0 Å². The van der Waals surface area contributed by atoms with Gasteiger partial charge in [-0.1, -0.05) is 0 Å². The Morgan fingerprint density at radius 1 is 1.31 bits per heavy atom. The Morgan fingerprint density at radius 2 is 1.92 bits per heavy atom. The first-order valence-electron chi connectivity index (χ1n) is 5.18. The highest BCUT2D eigenvalue weighted by Gasteiger charge is 2.21. The highest BCUT2D eigenvalue weighted by Crippen LogP contribution is 2.22. The number of halogens is 1. The number of rotatable bonds is 4. The van der Waals surface area contributed by atoms with Crippen molar-refractivity contribution < 1.29 is 5.11 Å². The summed E-state index contributed by atoms with van der Waals surface area (Å²) in [6.07, 6.45) is 5.24. The monoisotopic (exact) mass is 205 g/mol. The van der Waals surface area contributed by atoms with Crippen molar-refractivity contribution in [2.75, 3.05) is 19.5 Å². The van der Waals surface area contributed by atoms with Gasteiger partial charge in [0.25, 0.3) is 0 Å². The SMILES string of the molecule is CN(CCCCl)C1CCC(O)CC1. The molecule has 0 heterocycles. The summed E-state index contributed by atoms with van der Waals surface area (Å²) in [7, 11) is 2.16. The van der Waals surface area contributed by atoms with Gasteiger partial charge in [0.05, 0.1) is 6.10 Å². The molecule has 1 N–H and O–H groups in total. The first-order valence-corrected chi connectivity index (χ1v) is 5.71. The zero-order chi connectivity index (χ0) is 9.68. The third-order valence-electron chi connectivity index (χ3n) is 2.93. The second-order valence-corrected chi connectivity index (χ2v) is 4.36. The molecule has 1 saturated carbocycles. The normalized spacial score (nSPS) is 29.5. The zero-order valence-corrected chi connectivity index (χ0v) is 9.13. The van der Waals surface area contributed by atoms with Gasteiger partial charge in [-0.2, -0.15) is 0 Å². The Labute approximate surface area is 85.9 Å². The summed E-state index contributed by atoms with van der Waals surface area (Å²) in [5.74, 6) is 0.750. The molecule has 0 unspecified atom stereocenters. The average Bonchev–Trinajstić information content (AvgIpc) is 2.15. The predicted octanol–water partition coefficient (Wildman–Crippen LogP) is 1.85. The van der Waals surface area contributed by atoms with Crippen LogP contribution in [-0.2, 0) is 0 Å². The molecule has 0 atom stereocenters. The van der Waals surface area contributed by atoms with Crippen LogP contribution >= 0.6 is 11.6 Å². The van der Waals surface area contributed by atoms with Crippen molar-refractivity contribution in [2.24, 2.45) is 0 Å². The van der Waals surface area contributed by atoms with Crippen molar-refractivity contribution in [3.8, 4) is 0 Å². The molecule has 13 heavy (non-hydrogen) atoms. The Hall–Kier alpha value is 0.210. The fraction of sp³-hybridized carbons (Fsp3) is 1.00. The van der Waals surface area contributed by atoms with E-state index in [1.807, 2.05) is 0 Å². The van der Waals surface area contributed by atoms with Crippen molar-refractivity contribution in [2.45, 2.75) is 44.2 Å². The molecule has 0 bridgehead atoms. The Balaban J connectivity index is 2.19. The quantitative estimate of drug-likeness (QED) is 0.709. The van der Waals surface area contributed by atoms with Gasteiger partial charge in [0.2, 0.25) is 0 Å². The van der Waals surface area contributed by atoms with Gasteiger partial charge in [-0.25, -0.2) is 0 Å². The van der Waals surface area contributed by atoms with Crippen LogP contribution in [0.3, 0.4) is 0 Å². The van der Waals surface area contributed by atoms with E-state index in [0.717, 1.165) is 44.5 Å². The molecule has 1 aliphatic rings. The fourth-order valence-electron chi connectivity index (χ4n) is 1.99. The van der Waals surface area contributed by atoms with Crippen molar-refractivity contribution >= 4 is 11.6 Å². The maximum absolute atomic E-state index is 9.35. The molecule has 2 nitrogen and oxygen atoms in total. The molecule has 0 aliphatic heterocycles. The van der Waals surface area contributed by atoms with E-state index in [9.17, 15) is 5.11 Å². The number of aliphatic hydroxyl groups excluding tert-OH is 1. The molecule has 0 saturated heterocycles. The summed E-state index contributed by atoms with van der Waals surface area (Å²) < 4.78 is 0. The number of alkyl halides is 1. The highest BCUT2D eigenvalue weighted by atomic mass is 35.5. The predicted molar refractivity (Wildman–Crippen MR) is 56.2 cm³/mol. The molecule has 78 valence electrons. The molecule has 0 radical (unpaired) electrons. The van der Waals surface area contributed by atoms with Gasteiger partial charge < -0.3 is 10.0 Å². The first kappa shape index (κ1) is 11.3. The minimum Gasteiger partial charge on any atom is -0.393 e. The van der Waals surface area contributed by atoms with E-state index < -0.39 is 0 Å². The van der Waals surface area contributed by atoms with Crippen molar-refractivity contribution in [3.05, 3.63) is 0 Å². The highest BCUT2D eigenvalue weighted by molar-refractivity contribution is 6.17. The van der Waals surface area contributed by atoms with E-state index in [1.165, 1.54) is 0 Å². The Kier molecular flexibility index (Phi) is 5.07. The smallest absolute Gasteiger partial charge is 0.0541 e. The van der Waals surface area contributed by atoms with E-state index >= 15 is 0 Å². The van der Waals surface area contributed by atoms with Gasteiger partial charge in [-0.05, 0) is 45.7 Å². The maximum atomic E-state index is 9.35. The molecule has 0 aromatic rings. The van der Waals surface area contributed by atoms with E-state index in [4.69, 9.17) is 11.6 Å². The second-order valence-electron chi connectivity index (χ2n) is 3.99. The van der Waals surface area contributed by atoms with Gasteiger partial charge in [-0.15, -0.1) is 11.6 Å². The molecule has 3 heteroatoms. The van der Waals surface area contributed by atoms with Crippen molar-refractivity contribution in [1.82, 2.24) is 4.90 Å². The van der Waals surface area contributed by atoms with Crippen LogP contribution in [0.5, 0.6) is 0 Å². The van der Waals surface area contributed by atoms with Gasteiger partial charge in [0.1, 0.15) is 0 Å². The second kappa shape index (κ2) is 5.84. The van der Waals surface area contributed by atoms with Gasteiger partial charge in [0, 0.05) is 11.9 Å². The Bertz CT molecular complexity index is 135. The number of aliphatic hydroxyl groups is 1. The fourth-order valence-corrected chi connectivity index (χ4v) is 2.11. The third kappa shape index (κ3) is 3.84. The van der Waals surface area contributed by atoms with E-state index in [1.54, 1.807) is 0 Å². The number of hydrogen-bond donors (Lipinski definition) is 1. The van der Waals surface area contributed by atoms with E-state index in [2.05, 4.69) is 11.9 Å². The molecule has 0 spiro atoms. The topological polar surface area (TPSA) is 23.5 Å². The van der Waals surface area contributed by atoms with Crippen LogP contribution in [0.1, 0.15) is 32.1 Å². The van der Waals surface area contributed by atoms with Gasteiger partial charge in [-0.3, -0.25) is 0 Å². The van der Waals surface area contributed by atoms with Crippen LogP contribution in [0.4, 0.5) is 0 Å². The van der Waals surface area contributed by atoms with Crippen molar-refractivity contribution in [1.29, 1.82) is 0 Å². The summed E-state index contributed by atoms with van der Waals surface area (Å²) >= 11 is 5.64. The van der Waals surface area contributed by atoms with Crippen LogP contribution in [0.2, 0.25) is 0 Å². The summed E-state index contributed by atoms with van der Waals surface area (Å²) in [6.45, 7) is 1.09. The van der Waals surface area contributed by atoms with Crippen LogP contribution in [-0.4, -0.2) is 41.6 Å². The van der Waals surface area contributed by atoms with E-state index in [0.29, 0.717) is 6.04 Å². The molecular weight excluding hydrogens is 186 g/mol. The molecule has 1 fully saturated rings. The summed E-state index contributed by atoms with van der Waals surface area (Å²) in [4.78, 5) is 2.38. The lowest BCUT2D eigenvalue weighted by Crippen LogP contribution is -2.36. The maximum Gasteiger partial charge on any atom is 0.0541 e. The van der Waals surface area contributed by atoms with Crippen LogP contribution < -0.4 is 0 Å². The summed E-state index contributed by atoms with van der Waals surface area (Å²) in [5.41, 5.74) is 0. The lowest BCUT2D eigenvalue weighted by Gasteiger charge is -2.32. The first-order chi connectivity index (χ1) is 6.24. The molecule has 1 aliphatic carbocycles. The lowest BCUT2D eigenvalue weighted by atomic mass is 9.92. The Morgan fingerprint density at radius 3 is 2.46 bits per heavy atom. The molecule has 0 aromatic heterocycles.